The van der Waals surface area contributed by atoms with Crippen LogP contribution in [0.4, 0.5) is 5.69 Å². The average molecular weight is 404 g/mol. The maximum absolute atomic E-state index is 12.5. The third kappa shape index (κ3) is 5.33. The van der Waals surface area contributed by atoms with Gasteiger partial charge in [0.2, 0.25) is 15.9 Å². The van der Waals surface area contributed by atoms with Gasteiger partial charge in [-0.25, -0.2) is 8.42 Å². The molecule has 1 N–H and O–H groups in total. The summed E-state index contributed by atoms with van der Waals surface area (Å²) in [5.74, 6) is -0.0388. The second kappa shape index (κ2) is 9.71. The van der Waals surface area contributed by atoms with E-state index in [-0.39, 0.29) is 17.3 Å². The normalized spacial score (nSPS) is 11.5. The number of sulfonamides is 1. The van der Waals surface area contributed by atoms with E-state index in [1.165, 1.54) is 4.31 Å². The van der Waals surface area contributed by atoms with E-state index in [2.05, 4.69) is 5.32 Å². The Morgan fingerprint density at radius 3 is 2.18 bits per heavy atom. The first-order valence-electron chi connectivity index (χ1n) is 9.42. The summed E-state index contributed by atoms with van der Waals surface area (Å²) in [6, 6.07) is 14.5. The molecule has 28 heavy (non-hydrogen) atoms. The molecule has 0 radical (unpaired) electrons. The van der Waals surface area contributed by atoms with E-state index in [0.717, 1.165) is 11.1 Å². The Hall–Kier alpha value is -2.38. The van der Waals surface area contributed by atoms with Gasteiger partial charge in [-0.1, -0.05) is 38.1 Å². The van der Waals surface area contributed by atoms with Crippen LogP contribution in [0.25, 0.3) is 0 Å². The van der Waals surface area contributed by atoms with Gasteiger partial charge in [0.05, 0.1) is 11.4 Å². The Morgan fingerprint density at radius 2 is 1.61 bits per heavy atom. The predicted octanol–water partition coefficient (Wildman–Crippen LogP) is 3.10. The molecule has 0 saturated heterocycles. The van der Waals surface area contributed by atoms with Crippen LogP contribution in [-0.4, -0.2) is 50.2 Å². The van der Waals surface area contributed by atoms with Gasteiger partial charge in [0, 0.05) is 32.4 Å². The molecular formula is C21H29N3O3S. The first-order chi connectivity index (χ1) is 13.3. The Kier molecular flexibility index (Phi) is 7.60. The van der Waals surface area contributed by atoms with Crippen molar-refractivity contribution in [2.24, 2.45) is 0 Å². The zero-order valence-electron chi connectivity index (χ0n) is 17.0. The van der Waals surface area contributed by atoms with Gasteiger partial charge < -0.3 is 10.2 Å². The molecular weight excluding hydrogens is 374 g/mol. The van der Waals surface area contributed by atoms with Crippen molar-refractivity contribution >= 4 is 21.6 Å². The number of anilines is 1. The summed E-state index contributed by atoms with van der Waals surface area (Å²) in [7, 11) is -1.70. The molecule has 0 heterocycles. The van der Waals surface area contributed by atoms with Crippen LogP contribution >= 0.6 is 0 Å². The number of benzene rings is 2. The molecule has 0 aromatic heterocycles. The second-order valence-electron chi connectivity index (χ2n) is 6.64. The molecule has 7 heteroatoms. The molecule has 0 atom stereocenters. The van der Waals surface area contributed by atoms with Crippen molar-refractivity contribution in [2.45, 2.75) is 32.2 Å². The van der Waals surface area contributed by atoms with Crippen LogP contribution in [0.1, 0.15) is 25.0 Å². The van der Waals surface area contributed by atoms with Gasteiger partial charge in [0.15, 0.2) is 0 Å². The van der Waals surface area contributed by atoms with Crippen LogP contribution < -0.4 is 5.32 Å². The molecule has 0 aliphatic rings. The molecule has 2 rings (SSSR count). The number of hydrogen-bond acceptors (Lipinski definition) is 4. The van der Waals surface area contributed by atoms with Crippen LogP contribution in [0.15, 0.2) is 53.4 Å². The highest BCUT2D eigenvalue weighted by molar-refractivity contribution is 7.89. The van der Waals surface area contributed by atoms with Gasteiger partial charge in [0.25, 0.3) is 0 Å². The predicted molar refractivity (Wildman–Crippen MR) is 113 cm³/mol. The molecule has 2 aromatic rings. The molecule has 0 saturated carbocycles. The standard InChI is InChI=1S/C21H29N3O3S/c1-5-24(6-2)28(26,27)20-13-11-19(12-14-20)22-15-21(25)23(4)16-18-10-8-7-9-17(18)3/h7-14,22H,5-6,15-16H2,1-4H3. The van der Waals surface area contributed by atoms with E-state index < -0.39 is 10.0 Å². The summed E-state index contributed by atoms with van der Waals surface area (Å²) in [4.78, 5) is 14.3. The van der Waals surface area contributed by atoms with Crippen molar-refractivity contribution in [1.82, 2.24) is 9.21 Å². The summed E-state index contributed by atoms with van der Waals surface area (Å²) >= 11 is 0. The van der Waals surface area contributed by atoms with Gasteiger partial charge in [0.1, 0.15) is 0 Å². The van der Waals surface area contributed by atoms with Crippen molar-refractivity contribution in [3.05, 3.63) is 59.7 Å². The molecule has 0 bridgehead atoms. The quantitative estimate of drug-likeness (QED) is 0.699. The average Bonchev–Trinajstić information content (AvgIpc) is 2.68. The van der Waals surface area contributed by atoms with Crippen molar-refractivity contribution in [2.75, 3.05) is 32.0 Å². The van der Waals surface area contributed by atoms with Crippen molar-refractivity contribution < 1.29 is 13.2 Å². The minimum absolute atomic E-state index is 0.0388. The van der Waals surface area contributed by atoms with E-state index >= 15 is 0 Å². The number of nitrogens with one attached hydrogen (secondary N) is 1. The summed E-state index contributed by atoms with van der Waals surface area (Å²) < 4.78 is 26.4. The number of rotatable bonds is 9. The Labute approximate surface area is 168 Å². The number of carbonyl (C=O) groups is 1. The lowest BCUT2D eigenvalue weighted by Gasteiger charge is -2.20. The summed E-state index contributed by atoms with van der Waals surface area (Å²) in [5, 5.41) is 3.06. The summed E-state index contributed by atoms with van der Waals surface area (Å²) in [6.07, 6.45) is 0. The SMILES string of the molecule is CCN(CC)S(=O)(=O)c1ccc(NCC(=O)N(C)Cc2ccccc2C)cc1. The van der Waals surface area contributed by atoms with E-state index in [9.17, 15) is 13.2 Å². The smallest absolute Gasteiger partial charge is 0.243 e. The zero-order chi connectivity index (χ0) is 20.7. The maximum Gasteiger partial charge on any atom is 0.243 e. The Balaban J connectivity index is 1.95. The fraction of sp³-hybridized carbons (Fsp3) is 0.381. The summed E-state index contributed by atoms with van der Waals surface area (Å²) in [6.45, 7) is 7.21. The molecule has 2 aromatic carbocycles. The van der Waals surface area contributed by atoms with Crippen molar-refractivity contribution in [3.63, 3.8) is 0 Å². The highest BCUT2D eigenvalue weighted by Gasteiger charge is 2.21. The fourth-order valence-corrected chi connectivity index (χ4v) is 4.36. The molecule has 0 fully saturated rings. The lowest BCUT2D eigenvalue weighted by Crippen LogP contribution is -2.32. The molecule has 0 aliphatic heterocycles. The Bertz CT molecular complexity index is 891. The molecule has 0 unspecified atom stereocenters. The van der Waals surface area contributed by atoms with Crippen LogP contribution in [0.2, 0.25) is 0 Å². The van der Waals surface area contributed by atoms with Crippen LogP contribution in [0.3, 0.4) is 0 Å². The van der Waals surface area contributed by atoms with E-state index in [4.69, 9.17) is 0 Å². The maximum atomic E-state index is 12.5. The monoisotopic (exact) mass is 403 g/mol. The fourth-order valence-electron chi connectivity index (χ4n) is 2.90. The van der Waals surface area contributed by atoms with Crippen LogP contribution in [-0.2, 0) is 21.4 Å². The molecule has 1 amide bonds. The highest BCUT2D eigenvalue weighted by atomic mass is 32.2. The first kappa shape index (κ1) is 21.9. The molecule has 0 aliphatic carbocycles. The minimum Gasteiger partial charge on any atom is -0.376 e. The molecule has 152 valence electrons. The second-order valence-corrected chi connectivity index (χ2v) is 8.58. The number of amides is 1. The van der Waals surface area contributed by atoms with Gasteiger partial charge in [-0.2, -0.15) is 4.31 Å². The number of likely N-dealkylation sites (N-methyl/N-ethyl adjacent to an activating group) is 1. The topological polar surface area (TPSA) is 69.7 Å². The number of aryl methyl sites for hydroxylation is 1. The van der Waals surface area contributed by atoms with Gasteiger partial charge >= 0.3 is 0 Å². The Morgan fingerprint density at radius 1 is 1.00 bits per heavy atom. The lowest BCUT2D eigenvalue weighted by atomic mass is 10.1. The van der Waals surface area contributed by atoms with Gasteiger partial charge in [-0.3, -0.25) is 4.79 Å². The van der Waals surface area contributed by atoms with Crippen molar-refractivity contribution in [3.8, 4) is 0 Å². The van der Waals surface area contributed by atoms with Gasteiger partial charge in [-0.05, 0) is 42.3 Å². The van der Waals surface area contributed by atoms with E-state index in [0.29, 0.717) is 25.3 Å². The van der Waals surface area contributed by atoms with Crippen LogP contribution in [0.5, 0.6) is 0 Å². The third-order valence-corrected chi connectivity index (χ3v) is 6.80. The van der Waals surface area contributed by atoms with Gasteiger partial charge in [-0.15, -0.1) is 0 Å². The largest absolute Gasteiger partial charge is 0.376 e. The van der Waals surface area contributed by atoms with E-state index in [1.54, 1.807) is 36.2 Å². The zero-order valence-corrected chi connectivity index (χ0v) is 17.8. The van der Waals surface area contributed by atoms with E-state index in [1.807, 2.05) is 45.0 Å². The molecule has 6 nitrogen and oxygen atoms in total. The summed E-state index contributed by atoms with van der Waals surface area (Å²) in [5.41, 5.74) is 2.97. The van der Waals surface area contributed by atoms with Crippen LogP contribution in [0, 0.1) is 6.92 Å². The highest BCUT2D eigenvalue weighted by Crippen LogP contribution is 2.18. The molecule has 0 spiro atoms. The number of carbonyl (C=O) groups excluding carboxylic acids is 1. The lowest BCUT2D eigenvalue weighted by molar-refractivity contribution is -0.128. The first-order valence-corrected chi connectivity index (χ1v) is 10.9. The van der Waals surface area contributed by atoms with Crippen molar-refractivity contribution in [1.29, 1.82) is 0 Å². The third-order valence-electron chi connectivity index (χ3n) is 4.74. The number of hydrogen-bond donors (Lipinski definition) is 1. The number of nitrogens with zero attached hydrogens (tertiary/aromatic N) is 2. The minimum atomic E-state index is -3.47.